The summed E-state index contributed by atoms with van der Waals surface area (Å²) in [5.74, 6) is -1.48. The third-order valence-electron chi connectivity index (χ3n) is 4.15. The summed E-state index contributed by atoms with van der Waals surface area (Å²) in [4.78, 5) is 23.9. The molecule has 0 aromatic rings. The Morgan fingerprint density at radius 3 is 2.83 bits per heavy atom. The van der Waals surface area contributed by atoms with Crippen LogP contribution in [0.3, 0.4) is 0 Å². The molecule has 2 atom stereocenters. The molecule has 0 unspecified atom stereocenters. The van der Waals surface area contributed by atoms with E-state index in [1.165, 1.54) is 7.11 Å². The van der Waals surface area contributed by atoms with Crippen molar-refractivity contribution in [3.8, 4) is 0 Å². The fraction of sp³-hybridized carbons (Fsp3) is 0.692. The first-order valence-electron chi connectivity index (χ1n) is 6.27. The van der Waals surface area contributed by atoms with Crippen LogP contribution in [0.5, 0.6) is 0 Å². The summed E-state index contributed by atoms with van der Waals surface area (Å²) >= 11 is 0. The van der Waals surface area contributed by atoms with E-state index in [0.717, 1.165) is 6.42 Å². The van der Waals surface area contributed by atoms with Gasteiger partial charge in [-0.25, -0.2) is 4.79 Å². The molecule has 1 saturated carbocycles. The number of hydrogen-bond acceptors (Lipinski definition) is 5. The predicted octanol–water partition coefficient (Wildman–Crippen LogP) is 0.828. The fourth-order valence-corrected chi connectivity index (χ4v) is 3.43. The van der Waals surface area contributed by atoms with E-state index in [1.54, 1.807) is 6.08 Å². The van der Waals surface area contributed by atoms with Gasteiger partial charge in [0.2, 0.25) is 0 Å². The first-order valence-corrected chi connectivity index (χ1v) is 6.27. The molecule has 0 aromatic heterocycles. The van der Waals surface area contributed by atoms with Gasteiger partial charge in [-0.2, -0.15) is 0 Å². The Balaban J connectivity index is 1.94. The van der Waals surface area contributed by atoms with Crippen LogP contribution in [0.2, 0.25) is 0 Å². The van der Waals surface area contributed by atoms with Gasteiger partial charge in [0.25, 0.3) is 0 Å². The minimum Gasteiger partial charge on any atom is -0.466 e. The van der Waals surface area contributed by atoms with Crippen molar-refractivity contribution in [1.82, 2.24) is 0 Å². The molecule has 1 aliphatic heterocycles. The maximum Gasteiger partial charge on any atom is 0.333 e. The second-order valence-electron chi connectivity index (χ2n) is 4.95. The Hall–Kier alpha value is -1.20. The Kier molecular flexibility index (Phi) is 2.75. The zero-order valence-corrected chi connectivity index (χ0v) is 10.3. The molecule has 18 heavy (non-hydrogen) atoms. The van der Waals surface area contributed by atoms with Crippen LogP contribution < -0.4 is 0 Å². The number of ether oxygens (including phenoxy) is 3. The van der Waals surface area contributed by atoms with Crippen LogP contribution >= 0.6 is 0 Å². The highest BCUT2D eigenvalue weighted by atomic mass is 16.7. The Morgan fingerprint density at radius 2 is 2.17 bits per heavy atom. The summed E-state index contributed by atoms with van der Waals surface area (Å²) < 4.78 is 16.1. The Labute approximate surface area is 105 Å². The van der Waals surface area contributed by atoms with Gasteiger partial charge in [0, 0.05) is 24.3 Å². The SMILES string of the molecule is COC(=O)C1=CCC(=O)[C@H]2[C@@H]1CCC21OCCO1. The summed E-state index contributed by atoms with van der Waals surface area (Å²) in [5.41, 5.74) is 0.609. The zero-order valence-electron chi connectivity index (χ0n) is 10.3. The summed E-state index contributed by atoms with van der Waals surface area (Å²) in [5, 5.41) is 0. The molecule has 0 aromatic carbocycles. The van der Waals surface area contributed by atoms with Crippen LogP contribution in [0.25, 0.3) is 0 Å². The fourth-order valence-electron chi connectivity index (χ4n) is 3.43. The molecule has 0 amide bonds. The number of esters is 1. The highest BCUT2D eigenvalue weighted by Crippen LogP contribution is 2.51. The van der Waals surface area contributed by atoms with Gasteiger partial charge >= 0.3 is 5.97 Å². The second kappa shape index (κ2) is 4.17. The lowest BCUT2D eigenvalue weighted by molar-refractivity contribution is -0.189. The number of hydrogen-bond donors (Lipinski definition) is 0. The normalized spacial score (nSPS) is 33.4. The van der Waals surface area contributed by atoms with Gasteiger partial charge in [0.05, 0.1) is 26.2 Å². The maximum absolute atomic E-state index is 12.1. The quantitative estimate of drug-likeness (QED) is 0.647. The molecule has 0 bridgehead atoms. The molecule has 98 valence electrons. The molecule has 1 saturated heterocycles. The average molecular weight is 252 g/mol. The molecule has 2 aliphatic carbocycles. The van der Waals surface area contributed by atoms with Gasteiger partial charge < -0.3 is 14.2 Å². The van der Waals surface area contributed by atoms with Gasteiger partial charge in [0.1, 0.15) is 5.78 Å². The van der Waals surface area contributed by atoms with E-state index in [0.29, 0.717) is 25.2 Å². The molecule has 3 rings (SSSR count). The number of rotatable bonds is 1. The standard InChI is InChI=1S/C13H16O5/c1-16-12(15)9-2-3-10(14)11-8(9)4-5-13(11)17-6-7-18-13/h2,8,11H,3-7H2,1H3/t8-,11-/m1/s1. The average Bonchev–Trinajstić information content (AvgIpc) is 2.99. The second-order valence-corrected chi connectivity index (χ2v) is 4.95. The third-order valence-corrected chi connectivity index (χ3v) is 4.15. The van der Waals surface area contributed by atoms with Crippen molar-refractivity contribution in [2.24, 2.45) is 11.8 Å². The topological polar surface area (TPSA) is 61.8 Å². The number of methoxy groups -OCH3 is 1. The van der Waals surface area contributed by atoms with Gasteiger partial charge in [0.15, 0.2) is 5.79 Å². The number of allylic oxidation sites excluding steroid dienone is 1. The minimum atomic E-state index is -0.782. The first-order chi connectivity index (χ1) is 8.68. The molecular weight excluding hydrogens is 236 g/mol. The van der Waals surface area contributed by atoms with E-state index in [9.17, 15) is 9.59 Å². The smallest absolute Gasteiger partial charge is 0.333 e. The van der Waals surface area contributed by atoms with Crippen molar-refractivity contribution in [3.63, 3.8) is 0 Å². The Bertz CT molecular complexity index is 419. The molecule has 0 N–H and O–H groups in total. The van der Waals surface area contributed by atoms with E-state index in [1.807, 2.05) is 0 Å². The number of fused-ring (bicyclic) bond motifs is 2. The van der Waals surface area contributed by atoms with Crippen molar-refractivity contribution in [2.45, 2.75) is 25.0 Å². The van der Waals surface area contributed by atoms with Crippen LogP contribution in [0.4, 0.5) is 0 Å². The van der Waals surface area contributed by atoms with Gasteiger partial charge in [-0.1, -0.05) is 6.08 Å². The number of carbonyl (C=O) groups is 2. The van der Waals surface area contributed by atoms with Crippen LogP contribution in [-0.2, 0) is 23.8 Å². The van der Waals surface area contributed by atoms with E-state index in [-0.39, 0.29) is 30.0 Å². The van der Waals surface area contributed by atoms with Gasteiger partial charge in [-0.15, -0.1) is 0 Å². The van der Waals surface area contributed by atoms with E-state index >= 15 is 0 Å². The van der Waals surface area contributed by atoms with Crippen molar-refractivity contribution >= 4 is 11.8 Å². The number of carbonyl (C=O) groups excluding carboxylic acids is 2. The van der Waals surface area contributed by atoms with Gasteiger partial charge in [-0.05, 0) is 6.42 Å². The van der Waals surface area contributed by atoms with Crippen molar-refractivity contribution in [3.05, 3.63) is 11.6 Å². The van der Waals surface area contributed by atoms with Crippen LogP contribution in [-0.4, -0.2) is 37.9 Å². The largest absolute Gasteiger partial charge is 0.466 e. The molecule has 3 aliphatic rings. The monoisotopic (exact) mass is 252 g/mol. The van der Waals surface area contributed by atoms with E-state index in [2.05, 4.69) is 0 Å². The molecule has 2 fully saturated rings. The molecule has 5 nitrogen and oxygen atoms in total. The van der Waals surface area contributed by atoms with Crippen LogP contribution in [0.15, 0.2) is 11.6 Å². The Morgan fingerprint density at radius 1 is 1.44 bits per heavy atom. The number of ketones is 1. The summed E-state index contributed by atoms with van der Waals surface area (Å²) in [6.07, 6.45) is 3.36. The lowest BCUT2D eigenvalue weighted by atomic mass is 9.78. The molecule has 1 spiro atoms. The summed E-state index contributed by atoms with van der Waals surface area (Å²) in [6.45, 7) is 1.04. The predicted molar refractivity (Wildman–Crippen MR) is 60.6 cm³/mol. The molecule has 0 radical (unpaired) electrons. The number of Topliss-reactive ketones (excluding diaryl/α,β-unsaturated/α-hetero) is 1. The van der Waals surface area contributed by atoms with E-state index < -0.39 is 5.79 Å². The third kappa shape index (κ3) is 1.54. The summed E-state index contributed by atoms with van der Waals surface area (Å²) in [6, 6.07) is 0. The molecular formula is C13H16O5. The van der Waals surface area contributed by atoms with Crippen LogP contribution in [0, 0.1) is 11.8 Å². The van der Waals surface area contributed by atoms with E-state index in [4.69, 9.17) is 14.2 Å². The highest BCUT2D eigenvalue weighted by Gasteiger charge is 2.58. The minimum absolute atomic E-state index is 0.104. The van der Waals surface area contributed by atoms with Crippen molar-refractivity contribution in [1.29, 1.82) is 0 Å². The zero-order chi connectivity index (χ0) is 12.8. The molecule has 5 heteroatoms. The van der Waals surface area contributed by atoms with Crippen molar-refractivity contribution < 1.29 is 23.8 Å². The van der Waals surface area contributed by atoms with Crippen molar-refractivity contribution in [2.75, 3.05) is 20.3 Å². The lowest BCUT2D eigenvalue weighted by Crippen LogP contribution is -2.44. The first kappa shape index (κ1) is 11.9. The van der Waals surface area contributed by atoms with Crippen LogP contribution in [0.1, 0.15) is 19.3 Å². The van der Waals surface area contributed by atoms with Gasteiger partial charge in [-0.3, -0.25) is 4.79 Å². The maximum atomic E-state index is 12.1. The summed E-state index contributed by atoms with van der Waals surface area (Å²) in [7, 11) is 1.36. The molecule has 1 heterocycles. The lowest BCUT2D eigenvalue weighted by Gasteiger charge is -2.33. The highest BCUT2D eigenvalue weighted by molar-refractivity contribution is 5.95.